The Morgan fingerprint density at radius 1 is 1.03 bits per heavy atom. The van der Waals surface area contributed by atoms with Gasteiger partial charge in [0.1, 0.15) is 17.0 Å². The number of H-pyrrole nitrogens is 1. The van der Waals surface area contributed by atoms with Gasteiger partial charge >= 0.3 is 5.95 Å². The first-order valence-electron chi connectivity index (χ1n) is 12.2. The van der Waals surface area contributed by atoms with Gasteiger partial charge in [-0.15, -0.1) is 0 Å². The van der Waals surface area contributed by atoms with Crippen molar-refractivity contribution in [1.82, 2.24) is 9.97 Å². The fourth-order valence-corrected chi connectivity index (χ4v) is 7.82. The van der Waals surface area contributed by atoms with Crippen molar-refractivity contribution in [3.63, 3.8) is 0 Å². The molecule has 0 aliphatic heterocycles. The molecule has 1 aliphatic rings. The average Bonchev–Trinajstić information content (AvgIpc) is 3.34. The lowest BCUT2D eigenvalue weighted by Crippen LogP contribution is -2.37. The van der Waals surface area contributed by atoms with Gasteiger partial charge in [-0.05, 0) is 69.5 Å². The number of benzene rings is 2. The zero-order valence-corrected chi connectivity index (χ0v) is 24.3. The molecule has 0 saturated heterocycles. The summed E-state index contributed by atoms with van der Waals surface area (Å²) in [6.07, 6.45) is 2.00. The first-order valence-corrected chi connectivity index (χ1v) is 15.1. The minimum atomic E-state index is -0.531. The third kappa shape index (κ3) is 4.45. The molecule has 0 atom stereocenters. The van der Waals surface area contributed by atoms with Crippen LogP contribution in [-0.4, -0.2) is 22.9 Å². The molecule has 2 aromatic carbocycles. The van der Waals surface area contributed by atoms with E-state index in [0.717, 1.165) is 67.2 Å². The number of aromatic nitrogens is 3. The predicted octanol–water partition coefficient (Wildman–Crippen LogP) is 7.03. The Kier molecular flexibility index (Phi) is 6.84. The van der Waals surface area contributed by atoms with E-state index in [-0.39, 0.29) is 5.78 Å². The molecular formula is C29H31ClN3O2S2+. The molecule has 4 aromatic rings. The SMILES string of the molecule is COc1cc[n+](-c2nc3cc4c(cc3[nH]2)C(C)(C)C(=O)C4(C)C)c(CSSCc2ccccc2Cl)c1C. The number of nitrogens with zero attached hydrogens (tertiary/aromatic N) is 2. The standard InChI is InChI=1S/C29H31ClN3O2S2/c1-17-24(16-37-36-15-18-9-7-8-10-21(18)30)33(12-11-25(17)35-6)27-31-22-13-19-20(14-23(22)32-27)29(4,5)26(34)28(19,2)3/h7-14H,15-16H2,1-6H3,(H,31,32)/q+1. The van der Waals surface area contributed by atoms with E-state index in [1.54, 1.807) is 28.7 Å². The number of halogens is 1. The number of carbonyl (C=O) groups excluding carboxylic acids is 1. The number of methoxy groups -OCH3 is 1. The summed E-state index contributed by atoms with van der Waals surface area (Å²) >= 11 is 6.33. The molecule has 5 rings (SSSR count). The second-order valence-electron chi connectivity index (χ2n) is 10.5. The summed E-state index contributed by atoms with van der Waals surface area (Å²) in [7, 11) is 5.25. The molecule has 5 nitrogen and oxygen atoms in total. The van der Waals surface area contributed by atoms with Gasteiger partial charge in [0.15, 0.2) is 11.3 Å². The van der Waals surface area contributed by atoms with Crippen molar-refractivity contribution in [2.24, 2.45) is 0 Å². The molecule has 0 spiro atoms. The number of ketones is 1. The Hall–Kier alpha value is -2.48. The molecule has 2 aromatic heterocycles. The molecule has 1 N–H and O–H groups in total. The monoisotopic (exact) mass is 552 g/mol. The van der Waals surface area contributed by atoms with E-state index in [2.05, 4.69) is 34.7 Å². The smallest absolute Gasteiger partial charge is 0.402 e. The zero-order chi connectivity index (χ0) is 26.5. The summed E-state index contributed by atoms with van der Waals surface area (Å²) < 4.78 is 7.73. The number of nitrogens with one attached hydrogen (secondary N) is 1. The summed E-state index contributed by atoms with van der Waals surface area (Å²) in [6.45, 7) is 10.1. The molecule has 192 valence electrons. The van der Waals surface area contributed by atoms with E-state index in [1.807, 2.05) is 58.2 Å². The van der Waals surface area contributed by atoms with Crippen LogP contribution in [0, 0.1) is 6.92 Å². The van der Waals surface area contributed by atoms with Gasteiger partial charge in [0.05, 0.1) is 19.1 Å². The summed E-state index contributed by atoms with van der Waals surface area (Å²) in [4.78, 5) is 21.6. The van der Waals surface area contributed by atoms with Gasteiger partial charge in [-0.25, -0.2) is 9.55 Å². The summed E-state index contributed by atoms with van der Waals surface area (Å²) in [5.74, 6) is 3.43. The Balaban J connectivity index is 1.49. The van der Waals surface area contributed by atoms with Gasteiger partial charge in [-0.2, -0.15) is 0 Å². The van der Waals surface area contributed by atoms with Crippen LogP contribution < -0.4 is 9.30 Å². The van der Waals surface area contributed by atoms with Gasteiger partial charge in [-0.1, -0.05) is 56.4 Å². The van der Waals surface area contributed by atoms with Crippen LogP contribution in [0.3, 0.4) is 0 Å². The van der Waals surface area contributed by atoms with E-state index in [0.29, 0.717) is 0 Å². The molecule has 0 amide bonds. The van der Waals surface area contributed by atoms with E-state index in [1.165, 1.54) is 0 Å². The first kappa shape index (κ1) is 26.1. The average molecular weight is 553 g/mol. The first-order chi connectivity index (χ1) is 17.6. The second-order valence-corrected chi connectivity index (χ2v) is 13.4. The fraction of sp³-hybridized carbons (Fsp3) is 0.345. The van der Waals surface area contributed by atoms with Crippen LogP contribution in [0.2, 0.25) is 5.02 Å². The molecule has 0 saturated carbocycles. The third-order valence-electron chi connectivity index (χ3n) is 7.46. The highest BCUT2D eigenvalue weighted by atomic mass is 35.5. The van der Waals surface area contributed by atoms with Crippen molar-refractivity contribution in [3.8, 4) is 11.7 Å². The summed E-state index contributed by atoms with van der Waals surface area (Å²) in [5, 5.41) is 0.797. The molecule has 37 heavy (non-hydrogen) atoms. The molecule has 0 radical (unpaired) electrons. The highest BCUT2D eigenvalue weighted by molar-refractivity contribution is 8.76. The predicted molar refractivity (Wildman–Crippen MR) is 154 cm³/mol. The minimum absolute atomic E-state index is 0.247. The van der Waals surface area contributed by atoms with Crippen LogP contribution in [0.5, 0.6) is 5.75 Å². The number of ether oxygens (including phenoxy) is 1. The lowest BCUT2D eigenvalue weighted by molar-refractivity contribution is -0.610. The van der Waals surface area contributed by atoms with Crippen molar-refractivity contribution in [2.75, 3.05) is 7.11 Å². The van der Waals surface area contributed by atoms with E-state index < -0.39 is 10.8 Å². The lowest BCUT2D eigenvalue weighted by Gasteiger charge is -2.21. The van der Waals surface area contributed by atoms with Crippen LogP contribution in [0.15, 0.2) is 48.7 Å². The number of Topliss-reactive ketones (excluding diaryl/α,β-unsaturated/α-hetero) is 1. The highest BCUT2D eigenvalue weighted by Crippen LogP contribution is 2.47. The van der Waals surface area contributed by atoms with E-state index >= 15 is 0 Å². The number of rotatable bonds is 7. The Morgan fingerprint density at radius 3 is 2.41 bits per heavy atom. The maximum Gasteiger partial charge on any atom is 0.402 e. The number of pyridine rings is 1. The van der Waals surface area contributed by atoms with Gasteiger partial charge in [-0.3, -0.25) is 4.79 Å². The van der Waals surface area contributed by atoms with Crippen LogP contribution in [-0.2, 0) is 27.1 Å². The van der Waals surface area contributed by atoms with Crippen LogP contribution in [0.1, 0.15) is 55.6 Å². The number of aromatic amines is 1. The van der Waals surface area contributed by atoms with Crippen molar-refractivity contribution < 1.29 is 14.1 Å². The highest BCUT2D eigenvalue weighted by Gasteiger charge is 2.50. The topological polar surface area (TPSA) is 58.9 Å². The number of hydrogen-bond acceptors (Lipinski definition) is 5. The molecule has 0 unspecified atom stereocenters. The van der Waals surface area contributed by atoms with E-state index in [4.69, 9.17) is 21.3 Å². The summed E-state index contributed by atoms with van der Waals surface area (Å²) in [5.41, 5.74) is 6.19. The van der Waals surface area contributed by atoms with Crippen molar-refractivity contribution in [3.05, 3.63) is 81.6 Å². The molecule has 0 bridgehead atoms. The van der Waals surface area contributed by atoms with Crippen LogP contribution in [0.4, 0.5) is 0 Å². The van der Waals surface area contributed by atoms with Crippen molar-refractivity contribution >= 4 is 50.0 Å². The fourth-order valence-electron chi connectivity index (χ4n) is 5.31. The molecule has 2 heterocycles. The van der Waals surface area contributed by atoms with Crippen molar-refractivity contribution in [2.45, 2.75) is 57.0 Å². The molecular weight excluding hydrogens is 522 g/mol. The number of imidazole rings is 1. The van der Waals surface area contributed by atoms with Gasteiger partial charge < -0.3 is 4.74 Å². The maximum atomic E-state index is 13.1. The molecule has 0 fully saturated rings. The quantitative estimate of drug-likeness (QED) is 0.151. The van der Waals surface area contributed by atoms with Crippen LogP contribution >= 0.6 is 33.2 Å². The van der Waals surface area contributed by atoms with Gasteiger partial charge in [0, 0.05) is 33.2 Å². The van der Waals surface area contributed by atoms with E-state index in [9.17, 15) is 4.79 Å². The third-order valence-corrected chi connectivity index (χ3v) is 10.0. The van der Waals surface area contributed by atoms with Crippen LogP contribution in [0.25, 0.3) is 17.0 Å². The normalized spacial score (nSPS) is 15.8. The molecule has 1 aliphatic carbocycles. The Bertz CT molecular complexity index is 1470. The largest absolute Gasteiger partial charge is 0.496 e. The van der Waals surface area contributed by atoms with Crippen molar-refractivity contribution in [1.29, 1.82) is 0 Å². The number of hydrogen-bond donors (Lipinski definition) is 1. The maximum absolute atomic E-state index is 13.1. The van der Waals surface area contributed by atoms with Gasteiger partial charge in [0.2, 0.25) is 0 Å². The Labute approximate surface area is 230 Å². The number of carbonyl (C=O) groups is 1. The minimum Gasteiger partial charge on any atom is -0.496 e. The summed E-state index contributed by atoms with van der Waals surface area (Å²) in [6, 6.07) is 14.1. The van der Waals surface area contributed by atoms with Gasteiger partial charge in [0.25, 0.3) is 0 Å². The lowest BCUT2D eigenvalue weighted by atomic mass is 9.80. The second kappa shape index (κ2) is 9.68. The Morgan fingerprint density at radius 2 is 1.70 bits per heavy atom. The number of fused-ring (bicyclic) bond motifs is 2. The zero-order valence-electron chi connectivity index (χ0n) is 21.9. The molecule has 8 heteroatoms.